The minimum absolute atomic E-state index is 0.0979. The number of hydrogen-bond acceptors (Lipinski definition) is 4. The van der Waals surface area contributed by atoms with E-state index in [2.05, 4.69) is 10.4 Å². The standard InChI is InChI=1S/C14H23FN4O3S/c1-8-10(23(16,21)22)9(18-19(8)6)7-17-11(20)14(15)12(2,3)13(14,4)5/h7H2,1-6H3,(H,17,20)(H2,16,21,22). The number of aryl methyl sites for hydroxylation is 1. The summed E-state index contributed by atoms with van der Waals surface area (Å²) < 4.78 is 39.7. The second-order valence-corrected chi connectivity index (χ2v) is 8.62. The molecule has 1 heterocycles. The van der Waals surface area contributed by atoms with Crippen LogP contribution in [0.25, 0.3) is 0 Å². The minimum atomic E-state index is -3.99. The van der Waals surface area contributed by atoms with E-state index in [1.807, 2.05) is 0 Å². The van der Waals surface area contributed by atoms with Gasteiger partial charge >= 0.3 is 0 Å². The van der Waals surface area contributed by atoms with Crippen LogP contribution in [0.1, 0.15) is 39.1 Å². The van der Waals surface area contributed by atoms with Crippen LogP contribution >= 0.6 is 0 Å². The van der Waals surface area contributed by atoms with Crippen molar-refractivity contribution in [2.75, 3.05) is 0 Å². The van der Waals surface area contributed by atoms with Gasteiger partial charge in [0.15, 0.2) is 5.67 Å². The van der Waals surface area contributed by atoms with Gasteiger partial charge in [0.05, 0.1) is 12.2 Å². The lowest BCUT2D eigenvalue weighted by molar-refractivity contribution is -0.130. The molecule has 0 spiro atoms. The Morgan fingerprint density at radius 1 is 1.30 bits per heavy atom. The van der Waals surface area contributed by atoms with Gasteiger partial charge in [0, 0.05) is 17.9 Å². The molecule has 9 heteroatoms. The van der Waals surface area contributed by atoms with Gasteiger partial charge in [-0.05, 0) is 6.92 Å². The second-order valence-electron chi connectivity index (χ2n) is 7.12. The Labute approximate surface area is 135 Å². The van der Waals surface area contributed by atoms with Crippen molar-refractivity contribution in [1.29, 1.82) is 0 Å². The van der Waals surface area contributed by atoms with E-state index in [4.69, 9.17) is 5.14 Å². The van der Waals surface area contributed by atoms with Gasteiger partial charge in [-0.1, -0.05) is 27.7 Å². The summed E-state index contributed by atoms with van der Waals surface area (Å²) >= 11 is 0. The van der Waals surface area contributed by atoms with Crippen LogP contribution in [0.5, 0.6) is 0 Å². The van der Waals surface area contributed by atoms with Gasteiger partial charge in [0.25, 0.3) is 5.91 Å². The number of hydrogen-bond donors (Lipinski definition) is 2. The number of nitrogens with two attached hydrogens (primary N) is 1. The molecule has 1 fully saturated rings. The monoisotopic (exact) mass is 346 g/mol. The summed E-state index contributed by atoms with van der Waals surface area (Å²) in [5, 5.41) is 11.7. The first kappa shape index (κ1) is 17.9. The fraction of sp³-hybridized carbons (Fsp3) is 0.714. The molecule has 1 aliphatic carbocycles. The molecule has 7 nitrogen and oxygen atoms in total. The second kappa shape index (κ2) is 4.76. The zero-order valence-electron chi connectivity index (χ0n) is 14.2. The highest BCUT2D eigenvalue weighted by Gasteiger charge is 2.83. The van der Waals surface area contributed by atoms with E-state index in [1.165, 1.54) is 4.68 Å². The molecule has 0 bridgehead atoms. The van der Waals surface area contributed by atoms with Crippen LogP contribution in [0.3, 0.4) is 0 Å². The molecule has 0 unspecified atom stereocenters. The van der Waals surface area contributed by atoms with Crippen LogP contribution in [-0.2, 0) is 28.4 Å². The summed E-state index contributed by atoms with van der Waals surface area (Å²) in [7, 11) is -2.42. The van der Waals surface area contributed by atoms with Crippen LogP contribution in [0.2, 0.25) is 0 Å². The lowest BCUT2D eigenvalue weighted by Gasteiger charge is -2.12. The van der Waals surface area contributed by atoms with Gasteiger partial charge in [0.1, 0.15) is 10.6 Å². The summed E-state index contributed by atoms with van der Waals surface area (Å²) in [6, 6.07) is 0. The maximum atomic E-state index is 15.0. The fourth-order valence-electron chi connectivity index (χ4n) is 3.24. The quantitative estimate of drug-likeness (QED) is 0.839. The Morgan fingerprint density at radius 3 is 2.17 bits per heavy atom. The Kier molecular flexibility index (Phi) is 3.70. The summed E-state index contributed by atoms with van der Waals surface area (Å²) in [4.78, 5) is 12.1. The van der Waals surface area contributed by atoms with E-state index < -0.39 is 32.4 Å². The lowest BCUT2D eigenvalue weighted by Crippen LogP contribution is -2.38. The Hall–Kier alpha value is -1.48. The third-order valence-electron chi connectivity index (χ3n) is 5.58. The summed E-state index contributed by atoms with van der Waals surface area (Å²) in [6.07, 6.45) is 0. The number of amides is 1. The van der Waals surface area contributed by atoms with Crippen LogP contribution in [-0.4, -0.2) is 29.8 Å². The number of sulfonamides is 1. The maximum Gasteiger partial charge on any atom is 0.259 e. The van der Waals surface area contributed by atoms with Crippen molar-refractivity contribution >= 4 is 15.9 Å². The van der Waals surface area contributed by atoms with Gasteiger partial charge in [-0.3, -0.25) is 9.48 Å². The molecule has 0 aliphatic heterocycles. The molecule has 2 rings (SSSR count). The van der Waals surface area contributed by atoms with Crippen molar-refractivity contribution in [3.05, 3.63) is 11.4 Å². The highest BCUT2D eigenvalue weighted by molar-refractivity contribution is 7.89. The number of alkyl halides is 1. The van der Waals surface area contributed by atoms with Crippen LogP contribution in [0, 0.1) is 17.8 Å². The van der Waals surface area contributed by atoms with Crippen LogP contribution in [0.15, 0.2) is 4.90 Å². The number of carbonyl (C=O) groups is 1. The van der Waals surface area contributed by atoms with Gasteiger partial charge in [-0.2, -0.15) is 5.10 Å². The predicted octanol–water partition coefficient (Wildman–Crippen LogP) is 0.766. The van der Waals surface area contributed by atoms with Gasteiger partial charge < -0.3 is 5.32 Å². The molecule has 0 radical (unpaired) electrons. The van der Waals surface area contributed by atoms with E-state index in [-0.39, 0.29) is 17.1 Å². The molecule has 1 aliphatic rings. The summed E-state index contributed by atoms with van der Waals surface area (Å²) in [5.74, 6) is -0.767. The number of halogens is 1. The first-order valence-corrected chi connectivity index (χ1v) is 8.76. The minimum Gasteiger partial charge on any atom is -0.348 e. The summed E-state index contributed by atoms with van der Waals surface area (Å²) in [5.41, 5.74) is -3.15. The molecule has 0 atom stereocenters. The summed E-state index contributed by atoms with van der Waals surface area (Å²) in [6.45, 7) is 8.10. The van der Waals surface area contributed by atoms with E-state index in [0.29, 0.717) is 5.69 Å². The molecule has 23 heavy (non-hydrogen) atoms. The number of primary sulfonamides is 1. The van der Waals surface area contributed by atoms with Crippen molar-refractivity contribution in [1.82, 2.24) is 15.1 Å². The Balaban J connectivity index is 2.24. The lowest BCUT2D eigenvalue weighted by atomic mass is 10.0. The van der Waals surface area contributed by atoms with Gasteiger partial charge in [-0.15, -0.1) is 0 Å². The average Bonchev–Trinajstić information content (AvgIpc) is 2.64. The fourth-order valence-corrected chi connectivity index (χ4v) is 4.23. The van der Waals surface area contributed by atoms with Gasteiger partial charge in [0.2, 0.25) is 10.0 Å². The van der Waals surface area contributed by atoms with Crippen molar-refractivity contribution in [3.63, 3.8) is 0 Å². The van der Waals surface area contributed by atoms with E-state index in [0.717, 1.165) is 0 Å². The van der Waals surface area contributed by atoms with Crippen molar-refractivity contribution < 1.29 is 17.6 Å². The van der Waals surface area contributed by atoms with E-state index in [9.17, 15) is 17.6 Å². The normalized spacial score (nSPS) is 21.0. The van der Waals surface area contributed by atoms with Gasteiger partial charge in [-0.25, -0.2) is 17.9 Å². The number of nitrogens with one attached hydrogen (secondary N) is 1. The molecular formula is C14H23FN4O3S. The molecular weight excluding hydrogens is 323 g/mol. The molecule has 0 saturated heterocycles. The SMILES string of the molecule is Cc1c(S(N)(=O)=O)c(CNC(=O)C2(F)C(C)(C)C2(C)C)nn1C. The van der Waals surface area contributed by atoms with E-state index in [1.54, 1.807) is 41.7 Å². The van der Waals surface area contributed by atoms with Crippen molar-refractivity contribution in [2.24, 2.45) is 23.0 Å². The zero-order chi connectivity index (χ0) is 18.0. The largest absolute Gasteiger partial charge is 0.348 e. The Bertz CT molecular complexity index is 766. The van der Waals surface area contributed by atoms with Crippen molar-refractivity contribution in [2.45, 2.75) is 51.7 Å². The molecule has 3 N–H and O–H groups in total. The first-order valence-electron chi connectivity index (χ1n) is 7.22. The molecule has 1 aromatic heterocycles. The predicted molar refractivity (Wildman–Crippen MR) is 82.6 cm³/mol. The van der Waals surface area contributed by atoms with E-state index >= 15 is 0 Å². The average molecular weight is 346 g/mol. The first-order chi connectivity index (χ1) is 10.2. The Morgan fingerprint density at radius 2 is 1.78 bits per heavy atom. The maximum absolute atomic E-state index is 15.0. The third kappa shape index (κ3) is 2.20. The molecule has 130 valence electrons. The smallest absolute Gasteiger partial charge is 0.259 e. The molecule has 1 aromatic rings. The van der Waals surface area contributed by atoms with Crippen molar-refractivity contribution in [3.8, 4) is 0 Å². The number of carbonyl (C=O) groups excluding carboxylic acids is 1. The highest BCUT2D eigenvalue weighted by Crippen LogP contribution is 2.73. The number of nitrogens with zero attached hydrogens (tertiary/aromatic N) is 2. The topological polar surface area (TPSA) is 107 Å². The molecule has 1 amide bonds. The zero-order valence-corrected chi connectivity index (χ0v) is 15.0. The highest BCUT2D eigenvalue weighted by atomic mass is 32.2. The molecule has 1 saturated carbocycles. The number of aromatic nitrogens is 2. The van der Waals surface area contributed by atoms with Crippen LogP contribution < -0.4 is 10.5 Å². The third-order valence-corrected chi connectivity index (χ3v) is 6.68. The van der Waals surface area contributed by atoms with Crippen LogP contribution in [0.4, 0.5) is 4.39 Å². The molecule has 0 aromatic carbocycles. The number of rotatable bonds is 4.